The van der Waals surface area contributed by atoms with E-state index in [0.717, 1.165) is 21.3 Å². The van der Waals surface area contributed by atoms with Gasteiger partial charge in [0, 0.05) is 33.7 Å². The Bertz CT molecular complexity index is 663. The van der Waals surface area contributed by atoms with E-state index in [9.17, 15) is 10.1 Å². The molecule has 0 atom stereocenters. The summed E-state index contributed by atoms with van der Waals surface area (Å²) in [5.74, 6) is 0. The van der Waals surface area contributed by atoms with E-state index >= 15 is 0 Å². The van der Waals surface area contributed by atoms with Crippen LogP contribution in [0.1, 0.15) is 11.1 Å². The molecule has 0 bridgehead atoms. The van der Waals surface area contributed by atoms with Crippen LogP contribution >= 0.6 is 15.9 Å². The van der Waals surface area contributed by atoms with E-state index < -0.39 is 4.92 Å². The molecule has 0 heterocycles. The van der Waals surface area contributed by atoms with Crippen molar-refractivity contribution in [2.75, 3.05) is 11.1 Å². The van der Waals surface area contributed by atoms with Crippen molar-refractivity contribution >= 4 is 38.7 Å². The summed E-state index contributed by atoms with van der Waals surface area (Å²) < 4.78 is 0.997. The van der Waals surface area contributed by atoms with Crippen LogP contribution in [-0.2, 0) is 0 Å². The van der Waals surface area contributed by atoms with Gasteiger partial charge in [0.2, 0.25) is 0 Å². The average Bonchev–Trinajstić information content (AvgIpc) is 2.33. The summed E-state index contributed by atoms with van der Waals surface area (Å²) in [5, 5.41) is 14.1. The molecule has 0 fully saturated rings. The van der Waals surface area contributed by atoms with Gasteiger partial charge in [-0.25, -0.2) is 0 Å². The van der Waals surface area contributed by atoms with Gasteiger partial charge in [-0.3, -0.25) is 10.1 Å². The molecule has 0 aliphatic rings. The van der Waals surface area contributed by atoms with Gasteiger partial charge in [-0.2, -0.15) is 0 Å². The quantitative estimate of drug-likeness (QED) is 0.497. The number of aryl methyl sites for hydroxylation is 2. The first-order valence-electron chi connectivity index (χ1n) is 5.95. The van der Waals surface area contributed by atoms with Gasteiger partial charge < -0.3 is 11.1 Å². The minimum atomic E-state index is -0.456. The molecule has 0 radical (unpaired) electrons. The summed E-state index contributed by atoms with van der Waals surface area (Å²) in [6, 6.07) is 8.45. The summed E-state index contributed by atoms with van der Waals surface area (Å²) in [5.41, 5.74) is 9.64. The van der Waals surface area contributed by atoms with Crippen molar-refractivity contribution in [1.29, 1.82) is 0 Å². The number of nitrogens with two attached hydrogens (primary N) is 1. The fourth-order valence-electron chi connectivity index (χ4n) is 2.06. The van der Waals surface area contributed by atoms with Gasteiger partial charge in [-0.05, 0) is 43.2 Å². The Morgan fingerprint density at radius 1 is 1.15 bits per heavy atom. The molecule has 0 spiro atoms. The molecule has 6 heteroatoms. The van der Waals surface area contributed by atoms with Gasteiger partial charge >= 0.3 is 0 Å². The van der Waals surface area contributed by atoms with Crippen molar-refractivity contribution in [3.05, 3.63) is 56.0 Å². The number of hydrogen-bond donors (Lipinski definition) is 2. The highest BCUT2D eigenvalue weighted by atomic mass is 79.9. The molecule has 0 aliphatic carbocycles. The first-order chi connectivity index (χ1) is 9.36. The average molecular weight is 336 g/mol. The largest absolute Gasteiger partial charge is 0.398 e. The molecule has 0 aromatic heterocycles. The Morgan fingerprint density at radius 3 is 2.30 bits per heavy atom. The molecular weight excluding hydrogens is 322 g/mol. The van der Waals surface area contributed by atoms with Crippen LogP contribution in [0.4, 0.5) is 22.7 Å². The van der Waals surface area contributed by atoms with Crippen molar-refractivity contribution < 1.29 is 4.92 Å². The Morgan fingerprint density at radius 2 is 1.75 bits per heavy atom. The van der Waals surface area contributed by atoms with E-state index in [-0.39, 0.29) is 5.69 Å². The second-order valence-corrected chi connectivity index (χ2v) is 5.53. The number of anilines is 3. The highest BCUT2D eigenvalue weighted by Gasteiger charge is 2.10. The summed E-state index contributed by atoms with van der Waals surface area (Å²) >= 11 is 3.44. The number of non-ortho nitro benzene ring substituents is 1. The van der Waals surface area contributed by atoms with Crippen LogP contribution in [0.5, 0.6) is 0 Å². The number of nitro groups is 1. The van der Waals surface area contributed by atoms with Crippen LogP contribution in [0.3, 0.4) is 0 Å². The molecule has 104 valence electrons. The fraction of sp³-hybridized carbons (Fsp3) is 0.143. The number of rotatable bonds is 3. The van der Waals surface area contributed by atoms with Crippen LogP contribution in [0.25, 0.3) is 0 Å². The molecule has 0 saturated heterocycles. The zero-order valence-electron chi connectivity index (χ0n) is 11.1. The van der Waals surface area contributed by atoms with Crippen molar-refractivity contribution in [3.63, 3.8) is 0 Å². The lowest BCUT2D eigenvalue weighted by molar-refractivity contribution is -0.384. The molecule has 0 unspecified atom stereocenters. The molecular formula is C14H14BrN3O2. The lowest BCUT2D eigenvalue weighted by atomic mass is 10.1. The third-order valence-corrected chi connectivity index (χ3v) is 3.38. The second kappa shape index (κ2) is 5.50. The molecule has 0 amide bonds. The normalized spacial score (nSPS) is 10.3. The first-order valence-corrected chi connectivity index (χ1v) is 6.75. The summed E-state index contributed by atoms with van der Waals surface area (Å²) in [6.07, 6.45) is 0. The van der Waals surface area contributed by atoms with Gasteiger partial charge in [0.1, 0.15) is 0 Å². The van der Waals surface area contributed by atoms with E-state index in [1.165, 1.54) is 12.1 Å². The maximum absolute atomic E-state index is 10.9. The topological polar surface area (TPSA) is 81.2 Å². The third-order valence-electron chi connectivity index (χ3n) is 2.92. The number of nitrogens with one attached hydrogen (secondary N) is 1. The molecule has 2 aromatic carbocycles. The highest BCUT2D eigenvalue weighted by Crippen LogP contribution is 2.30. The van der Waals surface area contributed by atoms with Crippen molar-refractivity contribution in [2.24, 2.45) is 0 Å². The van der Waals surface area contributed by atoms with Gasteiger partial charge in [-0.1, -0.05) is 15.9 Å². The monoisotopic (exact) mass is 335 g/mol. The summed E-state index contributed by atoms with van der Waals surface area (Å²) in [7, 11) is 0. The number of nitrogen functional groups attached to an aromatic ring is 1. The Labute approximate surface area is 125 Å². The molecule has 20 heavy (non-hydrogen) atoms. The van der Waals surface area contributed by atoms with Gasteiger partial charge in [-0.15, -0.1) is 0 Å². The van der Waals surface area contributed by atoms with E-state index in [1.807, 2.05) is 26.0 Å². The van der Waals surface area contributed by atoms with Crippen LogP contribution in [0.2, 0.25) is 0 Å². The van der Waals surface area contributed by atoms with Crippen molar-refractivity contribution in [1.82, 2.24) is 0 Å². The predicted molar refractivity (Wildman–Crippen MR) is 84.4 cm³/mol. The standard InChI is InChI=1S/C14H14BrN3O2/c1-8-3-10(15)4-9(2)14(8)17-12-5-11(16)6-13(7-12)18(19)20/h3-7,17H,16H2,1-2H3. The molecule has 3 N–H and O–H groups in total. The molecule has 5 nitrogen and oxygen atoms in total. The number of halogens is 1. The molecule has 0 aliphatic heterocycles. The first kappa shape index (κ1) is 14.3. The van der Waals surface area contributed by atoms with Gasteiger partial charge in [0.05, 0.1) is 4.92 Å². The lowest BCUT2D eigenvalue weighted by Crippen LogP contribution is -1.99. The molecule has 2 aromatic rings. The molecule has 2 rings (SSSR count). The van der Waals surface area contributed by atoms with E-state index in [4.69, 9.17) is 5.73 Å². The van der Waals surface area contributed by atoms with Crippen LogP contribution in [0.15, 0.2) is 34.8 Å². The van der Waals surface area contributed by atoms with Crippen LogP contribution in [0, 0.1) is 24.0 Å². The minimum absolute atomic E-state index is 0.0279. The highest BCUT2D eigenvalue weighted by molar-refractivity contribution is 9.10. The summed E-state index contributed by atoms with van der Waals surface area (Å²) in [4.78, 5) is 10.4. The maximum atomic E-state index is 10.9. The zero-order chi connectivity index (χ0) is 14.9. The Kier molecular flexibility index (Phi) is 3.94. The number of hydrogen-bond acceptors (Lipinski definition) is 4. The third kappa shape index (κ3) is 3.08. The number of nitro benzene ring substituents is 1. The van der Waals surface area contributed by atoms with E-state index in [0.29, 0.717) is 11.4 Å². The van der Waals surface area contributed by atoms with Crippen LogP contribution < -0.4 is 11.1 Å². The SMILES string of the molecule is Cc1cc(Br)cc(C)c1Nc1cc(N)cc([N+](=O)[O-])c1. The minimum Gasteiger partial charge on any atom is -0.398 e. The zero-order valence-corrected chi connectivity index (χ0v) is 12.7. The molecule has 0 saturated carbocycles. The fourth-order valence-corrected chi connectivity index (χ4v) is 2.75. The maximum Gasteiger partial charge on any atom is 0.273 e. The lowest BCUT2D eigenvalue weighted by Gasteiger charge is -2.13. The Hall–Kier alpha value is -2.08. The van der Waals surface area contributed by atoms with Gasteiger partial charge in [0.25, 0.3) is 5.69 Å². The number of nitrogens with zero attached hydrogens (tertiary/aromatic N) is 1. The van der Waals surface area contributed by atoms with Gasteiger partial charge in [0.15, 0.2) is 0 Å². The van der Waals surface area contributed by atoms with Crippen molar-refractivity contribution in [2.45, 2.75) is 13.8 Å². The summed E-state index contributed by atoms with van der Waals surface area (Å²) in [6.45, 7) is 3.95. The van der Waals surface area contributed by atoms with Crippen molar-refractivity contribution in [3.8, 4) is 0 Å². The predicted octanol–water partition coefficient (Wildman–Crippen LogP) is 4.30. The smallest absolute Gasteiger partial charge is 0.273 e. The van der Waals surface area contributed by atoms with E-state index in [1.54, 1.807) is 6.07 Å². The Balaban J connectivity index is 2.42. The van der Waals surface area contributed by atoms with Crippen LogP contribution in [-0.4, -0.2) is 4.92 Å². The van der Waals surface area contributed by atoms with E-state index in [2.05, 4.69) is 21.2 Å². The second-order valence-electron chi connectivity index (χ2n) is 4.61. The number of benzene rings is 2.